The molecule has 6 heteroatoms. The predicted molar refractivity (Wildman–Crippen MR) is 91.3 cm³/mol. The molecule has 5 nitrogen and oxygen atoms in total. The van der Waals surface area contributed by atoms with E-state index in [2.05, 4.69) is 9.88 Å². The van der Waals surface area contributed by atoms with E-state index in [1.807, 2.05) is 31.3 Å². The molecular weight excluding hydrogens is 326 g/mol. The Kier molecular flexibility index (Phi) is 3.90. The molecule has 0 unspecified atom stereocenters. The SMILES string of the molecule is CN1C(=O)c2cccnc2O[C@H]2CN(Cc3ccccc3Cl)C[C@H]21. The van der Waals surface area contributed by atoms with Gasteiger partial charge in [-0.1, -0.05) is 29.8 Å². The number of aromatic nitrogens is 1. The van der Waals surface area contributed by atoms with Crippen LogP contribution < -0.4 is 4.74 Å². The fourth-order valence-electron chi connectivity index (χ4n) is 3.45. The van der Waals surface area contributed by atoms with Crippen molar-refractivity contribution < 1.29 is 9.53 Å². The lowest BCUT2D eigenvalue weighted by molar-refractivity contribution is 0.0680. The van der Waals surface area contributed by atoms with Gasteiger partial charge in [0, 0.05) is 37.9 Å². The molecule has 2 atom stereocenters. The molecule has 1 amide bonds. The van der Waals surface area contributed by atoms with Gasteiger partial charge in [-0.15, -0.1) is 0 Å². The quantitative estimate of drug-likeness (QED) is 0.840. The zero-order valence-corrected chi connectivity index (χ0v) is 14.1. The van der Waals surface area contributed by atoms with Gasteiger partial charge in [0.05, 0.1) is 6.04 Å². The minimum Gasteiger partial charge on any atom is -0.470 e. The third kappa shape index (κ3) is 2.64. The number of likely N-dealkylation sites (N-methyl/N-ethyl adjacent to an activating group) is 1. The van der Waals surface area contributed by atoms with Crippen molar-refractivity contribution in [3.8, 4) is 5.88 Å². The van der Waals surface area contributed by atoms with Crippen LogP contribution in [0.3, 0.4) is 0 Å². The summed E-state index contributed by atoms with van der Waals surface area (Å²) in [7, 11) is 1.84. The van der Waals surface area contributed by atoms with E-state index in [0.29, 0.717) is 11.4 Å². The lowest BCUT2D eigenvalue weighted by Crippen LogP contribution is -2.44. The molecule has 3 heterocycles. The molecule has 1 saturated heterocycles. The molecule has 1 aromatic heterocycles. The number of rotatable bonds is 2. The molecule has 0 bridgehead atoms. The summed E-state index contributed by atoms with van der Waals surface area (Å²) in [6, 6.07) is 11.4. The number of hydrogen-bond donors (Lipinski definition) is 0. The zero-order chi connectivity index (χ0) is 16.7. The summed E-state index contributed by atoms with van der Waals surface area (Å²) in [5, 5.41) is 0.766. The van der Waals surface area contributed by atoms with Gasteiger partial charge >= 0.3 is 0 Å². The number of nitrogens with zero attached hydrogens (tertiary/aromatic N) is 3. The van der Waals surface area contributed by atoms with Crippen LogP contribution >= 0.6 is 11.6 Å². The normalized spacial score (nSPS) is 23.4. The Morgan fingerprint density at radius 1 is 1.25 bits per heavy atom. The van der Waals surface area contributed by atoms with Crippen LogP contribution in [0.2, 0.25) is 5.02 Å². The molecule has 1 aromatic carbocycles. The summed E-state index contributed by atoms with van der Waals surface area (Å²) in [6.07, 6.45) is 1.57. The summed E-state index contributed by atoms with van der Waals surface area (Å²) >= 11 is 6.27. The molecular formula is C18H18ClN3O2. The van der Waals surface area contributed by atoms with Crippen molar-refractivity contribution in [3.63, 3.8) is 0 Å². The molecule has 0 aliphatic carbocycles. The van der Waals surface area contributed by atoms with E-state index in [1.165, 1.54) is 0 Å². The number of hydrogen-bond acceptors (Lipinski definition) is 4. The van der Waals surface area contributed by atoms with Crippen LogP contribution in [-0.4, -0.2) is 53.0 Å². The first kappa shape index (κ1) is 15.4. The van der Waals surface area contributed by atoms with E-state index in [0.717, 1.165) is 30.2 Å². The fraction of sp³-hybridized carbons (Fsp3) is 0.333. The van der Waals surface area contributed by atoms with Gasteiger partial charge in [0.25, 0.3) is 5.91 Å². The van der Waals surface area contributed by atoms with Crippen LogP contribution in [0.1, 0.15) is 15.9 Å². The van der Waals surface area contributed by atoms with Crippen molar-refractivity contribution in [1.29, 1.82) is 0 Å². The fourth-order valence-corrected chi connectivity index (χ4v) is 3.64. The molecule has 4 rings (SSSR count). The molecule has 2 aliphatic heterocycles. The first-order valence-electron chi connectivity index (χ1n) is 7.98. The summed E-state index contributed by atoms with van der Waals surface area (Å²) in [4.78, 5) is 21.0. The Morgan fingerprint density at radius 2 is 2.08 bits per heavy atom. The lowest BCUT2D eigenvalue weighted by atomic mass is 10.2. The van der Waals surface area contributed by atoms with Gasteiger partial charge in [0.1, 0.15) is 11.7 Å². The Bertz CT molecular complexity index is 782. The Labute approximate surface area is 145 Å². The average molecular weight is 344 g/mol. The Balaban J connectivity index is 1.57. The number of halogens is 1. The van der Waals surface area contributed by atoms with Gasteiger partial charge in [-0.05, 0) is 23.8 Å². The van der Waals surface area contributed by atoms with Gasteiger partial charge in [-0.2, -0.15) is 0 Å². The molecule has 0 saturated carbocycles. The van der Waals surface area contributed by atoms with Crippen LogP contribution in [-0.2, 0) is 6.54 Å². The highest BCUT2D eigenvalue weighted by molar-refractivity contribution is 6.31. The summed E-state index contributed by atoms with van der Waals surface area (Å²) in [6.45, 7) is 2.24. The van der Waals surface area contributed by atoms with E-state index >= 15 is 0 Å². The van der Waals surface area contributed by atoms with Crippen molar-refractivity contribution in [2.45, 2.75) is 18.7 Å². The van der Waals surface area contributed by atoms with Crippen molar-refractivity contribution in [2.24, 2.45) is 0 Å². The number of fused-ring (bicyclic) bond motifs is 2. The monoisotopic (exact) mass is 343 g/mol. The number of amides is 1. The molecule has 1 fully saturated rings. The van der Waals surface area contributed by atoms with Crippen LogP contribution in [0, 0.1) is 0 Å². The van der Waals surface area contributed by atoms with Crippen molar-refractivity contribution in [1.82, 2.24) is 14.8 Å². The second-order valence-corrected chi connectivity index (χ2v) is 6.69. The second-order valence-electron chi connectivity index (χ2n) is 6.28. The zero-order valence-electron chi connectivity index (χ0n) is 13.4. The second kappa shape index (κ2) is 6.07. The van der Waals surface area contributed by atoms with Gasteiger partial charge < -0.3 is 9.64 Å². The number of carbonyl (C=O) groups is 1. The highest BCUT2D eigenvalue weighted by Crippen LogP contribution is 2.30. The molecule has 0 radical (unpaired) electrons. The van der Waals surface area contributed by atoms with E-state index in [9.17, 15) is 4.79 Å². The van der Waals surface area contributed by atoms with Crippen LogP contribution in [0.5, 0.6) is 5.88 Å². The first-order valence-corrected chi connectivity index (χ1v) is 8.36. The summed E-state index contributed by atoms with van der Waals surface area (Å²) in [5.74, 6) is 0.395. The number of benzene rings is 1. The minimum absolute atomic E-state index is 0.00851. The Morgan fingerprint density at radius 3 is 2.92 bits per heavy atom. The molecule has 2 aromatic rings. The maximum absolute atomic E-state index is 12.7. The number of pyridine rings is 1. The topological polar surface area (TPSA) is 45.7 Å². The maximum Gasteiger partial charge on any atom is 0.259 e. The Hall–Kier alpha value is -2.11. The predicted octanol–water partition coefficient (Wildman–Crippen LogP) is 2.45. The molecule has 124 valence electrons. The van der Waals surface area contributed by atoms with Crippen LogP contribution in [0.15, 0.2) is 42.6 Å². The highest BCUT2D eigenvalue weighted by Gasteiger charge is 2.42. The largest absolute Gasteiger partial charge is 0.470 e. The minimum atomic E-state index is -0.0856. The number of likely N-dealkylation sites (tertiary alicyclic amines) is 1. The highest BCUT2D eigenvalue weighted by atomic mass is 35.5. The van der Waals surface area contributed by atoms with Crippen LogP contribution in [0.25, 0.3) is 0 Å². The lowest BCUT2D eigenvalue weighted by Gasteiger charge is -2.25. The van der Waals surface area contributed by atoms with Gasteiger partial charge in [-0.25, -0.2) is 4.98 Å². The summed E-state index contributed by atoms with van der Waals surface area (Å²) in [5.41, 5.74) is 1.62. The molecule has 0 spiro atoms. The van der Waals surface area contributed by atoms with Gasteiger partial charge in [0.2, 0.25) is 5.88 Å². The van der Waals surface area contributed by atoms with E-state index in [-0.39, 0.29) is 18.1 Å². The standard InChI is InChI=1S/C18H18ClN3O2/c1-21-15-10-22(9-12-5-2-3-7-14(12)19)11-16(15)24-17-13(18(21)23)6-4-8-20-17/h2-8,15-16H,9-11H2,1H3/t15-,16+/m1/s1. The molecule has 24 heavy (non-hydrogen) atoms. The third-order valence-corrected chi connectivity index (χ3v) is 5.12. The van der Waals surface area contributed by atoms with Crippen LogP contribution in [0.4, 0.5) is 0 Å². The molecule has 2 aliphatic rings. The van der Waals surface area contributed by atoms with Crippen molar-refractivity contribution in [2.75, 3.05) is 20.1 Å². The maximum atomic E-state index is 12.7. The van der Waals surface area contributed by atoms with Crippen molar-refractivity contribution >= 4 is 17.5 Å². The van der Waals surface area contributed by atoms with Gasteiger partial charge in [-0.3, -0.25) is 9.69 Å². The average Bonchev–Trinajstić information content (AvgIpc) is 2.94. The smallest absolute Gasteiger partial charge is 0.259 e. The van der Waals surface area contributed by atoms with Gasteiger partial charge in [0.15, 0.2) is 0 Å². The van der Waals surface area contributed by atoms with Crippen molar-refractivity contribution in [3.05, 3.63) is 58.7 Å². The van der Waals surface area contributed by atoms with E-state index < -0.39 is 0 Å². The molecule has 0 N–H and O–H groups in total. The first-order chi connectivity index (χ1) is 11.6. The van der Waals surface area contributed by atoms with E-state index in [4.69, 9.17) is 16.3 Å². The number of carbonyl (C=O) groups excluding carboxylic acids is 1. The number of ether oxygens (including phenoxy) is 1. The third-order valence-electron chi connectivity index (χ3n) is 4.75. The summed E-state index contributed by atoms with van der Waals surface area (Å²) < 4.78 is 6.07. The van der Waals surface area contributed by atoms with E-state index in [1.54, 1.807) is 23.2 Å².